The average Bonchev–Trinajstić information content (AvgIpc) is 3.56. The SMILES string of the molecule is Cc1cc2c(cc1C(=O)N1CCc3c(cc(-c4ccccc4)n3C)C1)[nH]c(=O)c1nnc(C3CCOCC3)n12. The molecule has 1 fully saturated rings. The molecule has 2 aliphatic rings. The van der Waals surface area contributed by atoms with Gasteiger partial charge in [0.05, 0.1) is 11.0 Å². The van der Waals surface area contributed by atoms with Gasteiger partial charge in [0, 0.05) is 62.6 Å². The predicted octanol–water partition coefficient (Wildman–Crippen LogP) is 3.98. The summed E-state index contributed by atoms with van der Waals surface area (Å²) in [6.07, 6.45) is 2.48. The van der Waals surface area contributed by atoms with Crippen LogP contribution >= 0.6 is 0 Å². The Hall–Kier alpha value is -4.24. The summed E-state index contributed by atoms with van der Waals surface area (Å²) in [5.41, 5.74) is 7.62. The minimum absolute atomic E-state index is 0.0282. The van der Waals surface area contributed by atoms with E-state index in [1.165, 1.54) is 16.8 Å². The van der Waals surface area contributed by atoms with Gasteiger partial charge in [-0.1, -0.05) is 30.3 Å². The smallest absolute Gasteiger partial charge is 0.294 e. The van der Waals surface area contributed by atoms with Gasteiger partial charge in [0.2, 0.25) is 5.65 Å². The van der Waals surface area contributed by atoms with Crippen molar-refractivity contribution < 1.29 is 9.53 Å². The number of nitrogens with one attached hydrogen (secondary N) is 1. The molecule has 5 heterocycles. The number of hydrogen-bond donors (Lipinski definition) is 1. The van der Waals surface area contributed by atoms with Crippen LogP contribution in [0.2, 0.25) is 0 Å². The molecule has 1 saturated heterocycles. The molecule has 5 aromatic rings. The number of carbonyl (C=O) groups is 1. The van der Waals surface area contributed by atoms with Crippen LogP contribution in [0.15, 0.2) is 53.3 Å². The summed E-state index contributed by atoms with van der Waals surface area (Å²) in [5.74, 6) is 0.929. The number of fused-ring (bicyclic) bond motifs is 4. The summed E-state index contributed by atoms with van der Waals surface area (Å²) < 4.78 is 9.64. The first-order valence-electron chi connectivity index (χ1n) is 13.5. The highest BCUT2D eigenvalue weighted by Gasteiger charge is 2.28. The molecule has 0 aliphatic carbocycles. The molecule has 1 N–H and O–H groups in total. The second-order valence-corrected chi connectivity index (χ2v) is 10.6. The summed E-state index contributed by atoms with van der Waals surface area (Å²) in [6.45, 7) is 4.49. The van der Waals surface area contributed by atoms with Gasteiger partial charge in [-0.3, -0.25) is 14.0 Å². The number of aromatic amines is 1. The summed E-state index contributed by atoms with van der Waals surface area (Å²) in [6, 6.07) is 16.3. The minimum Gasteiger partial charge on any atom is -0.381 e. The summed E-state index contributed by atoms with van der Waals surface area (Å²) in [7, 11) is 2.10. The van der Waals surface area contributed by atoms with Crippen molar-refractivity contribution in [1.82, 2.24) is 29.0 Å². The maximum atomic E-state index is 13.8. The number of aromatic nitrogens is 5. The van der Waals surface area contributed by atoms with Crippen LogP contribution in [0.3, 0.4) is 0 Å². The van der Waals surface area contributed by atoms with Crippen molar-refractivity contribution in [1.29, 1.82) is 0 Å². The van der Waals surface area contributed by atoms with E-state index < -0.39 is 0 Å². The average molecular weight is 523 g/mol. The van der Waals surface area contributed by atoms with Gasteiger partial charge >= 0.3 is 0 Å². The van der Waals surface area contributed by atoms with Gasteiger partial charge in [0.1, 0.15) is 5.82 Å². The first kappa shape index (κ1) is 23.8. The number of H-pyrrole nitrogens is 1. The summed E-state index contributed by atoms with van der Waals surface area (Å²) in [5, 5.41) is 8.61. The lowest BCUT2D eigenvalue weighted by atomic mass is 9.99. The molecule has 0 radical (unpaired) electrons. The maximum absolute atomic E-state index is 13.8. The number of amides is 1. The number of aryl methyl sites for hydroxylation is 1. The Labute approximate surface area is 225 Å². The van der Waals surface area contributed by atoms with E-state index >= 15 is 0 Å². The van der Waals surface area contributed by atoms with Crippen molar-refractivity contribution in [2.75, 3.05) is 19.8 Å². The van der Waals surface area contributed by atoms with Crippen molar-refractivity contribution >= 4 is 22.6 Å². The molecule has 7 rings (SSSR count). The second kappa shape index (κ2) is 9.20. The Kier molecular flexibility index (Phi) is 5.62. The molecular weight excluding hydrogens is 492 g/mol. The van der Waals surface area contributed by atoms with Gasteiger partial charge in [-0.25, -0.2) is 0 Å². The lowest BCUT2D eigenvalue weighted by molar-refractivity contribution is 0.0733. The van der Waals surface area contributed by atoms with E-state index in [4.69, 9.17) is 4.74 Å². The van der Waals surface area contributed by atoms with Crippen LogP contribution in [-0.4, -0.2) is 54.7 Å². The lowest BCUT2D eigenvalue weighted by Gasteiger charge is -2.28. The van der Waals surface area contributed by atoms with Gasteiger partial charge < -0.3 is 19.2 Å². The van der Waals surface area contributed by atoms with E-state index in [2.05, 4.69) is 45.0 Å². The van der Waals surface area contributed by atoms with Crippen LogP contribution in [0.25, 0.3) is 27.9 Å². The van der Waals surface area contributed by atoms with E-state index in [-0.39, 0.29) is 23.0 Å². The minimum atomic E-state index is -0.309. The van der Waals surface area contributed by atoms with Crippen LogP contribution in [-0.2, 0) is 24.8 Å². The van der Waals surface area contributed by atoms with Crippen LogP contribution in [0.4, 0.5) is 0 Å². The molecular formula is C30H30N6O3. The Morgan fingerprint density at radius 1 is 1.08 bits per heavy atom. The molecule has 3 aromatic heterocycles. The van der Waals surface area contributed by atoms with E-state index in [1.807, 2.05) is 46.6 Å². The highest BCUT2D eigenvalue weighted by molar-refractivity contribution is 5.99. The van der Waals surface area contributed by atoms with Crippen LogP contribution in [0, 0.1) is 6.92 Å². The number of nitrogens with zero attached hydrogens (tertiary/aromatic N) is 5. The van der Waals surface area contributed by atoms with Crippen molar-refractivity contribution in [3.63, 3.8) is 0 Å². The standard InChI is InChI=1S/C30H30N6O3/c1-18-14-26-23(31-29(37)28-33-32-27(36(26)28)20-9-12-39-13-10-20)16-22(18)30(38)35-11-8-24-21(17-35)15-25(34(24)2)19-6-4-3-5-7-19/h3-7,14-16,20H,8-13,17H2,1-2H3,(H,31,37). The normalized spacial score (nSPS) is 16.2. The van der Waals surface area contributed by atoms with Crippen molar-refractivity contribution in [3.05, 3.63) is 87.1 Å². The Bertz CT molecular complexity index is 1790. The molecule has 198 valence electrons. The largest absolute Gasteiger partial charge is 0.381 e. The van der Waals surface area contributed by atoms with Gasteiger partial charge in [-0.2, -0.15) is 0 Å². The van der Waals surface area contributed by atoms with Crippen molar-refractivity contribution in [3.8, 4) is 11.3 Å². The highest BCUT2D eigenvalue weighted by atomic mass is 16.5. The number of rotatable bonds is 3. The third kappa shape index (κ3) is 3.87. The zero-order valence-corrected chi connectivity index (χ0v) is 22.1. The third-order valence-corrected chi connectivity index (χ3v) is 8.32. The molecule has 2 aliphatic heterocycles. The van der Waals surface area contributed by atoms with Crippen molar-refractivity contribution in [2.24, 2.45) is 7.05 Å². The number of hydrogen-bond acceptors (Lipinski definition) is 5. The van der Waals surface area contributed by atoms with Crippen LogP contribution in [0.5, 0.6) is 0 Å². The lowest BCUT2D eigenvalue weighted by Crippen LogP contribution is -2.36. The summed E-state index contributed by atoms with van der Waals surface area (Å²) in [4.78, 5) is 31.6. The summed E-state index contributed by atoms with van der Waals surface area (Å²) >= 11 is 0. The number of carbonyl (C=O) groups excluding carboxylic acids is 1. The predicted molar refractivity (Wildman–Crippen MR) is 148 cm³/mol. The maximum Gasteiger partial charge on any atom is 0.294 e. The molecule has 1 amide bonds. The van der Waals surface area contributed by atoms with Crippen molar-refractivity contribution in [2.45, 2.75) is 38.6 Å². The van der Waals surface area contributed by atoms with Gasteiger partial charge in [0.15, 0.2) is 0 Å². The third-order valence-electron chi connectivity index (χ3n) is 8.32. The fraction of sp³-hybridized carbons (Fsp3) is 0.333. The van der Waals surface area contributed by atoms with Crippen LogP contribution in [0.1, 0.15) is 51.8 Å². The first-order chi connectivity index (χ1) is 19.0. The van der Waals surface area contributed by atoms with Gasteiger partial charge in [-0.15, -0.1) is 10.2 Å². The Balaban J connectivity index is 1.25. The molecule has 9 heteroatoms. The quantitative estimate of drug-likeness (QED) is 0.387. The zero-order chi connectivity index (χ0) is 26.7. The zero-order valence-electron chi connectivity index (χ0n) is 22.1. The topological polar surface area (TPSA) is 97.5 Å². The molecule has 0 saturated carbocycles. The Morgan fingerprint density at radius 2 is 1.87 bits per heavy atom. The van der Waals surface area contributed by atoms with Gasteiger partial charge in [0.25, 0.3) is 11.5 Å². The second-order valence-electron chi connectivity index (χ2n) is 10.6. The molecule has 9 nitrogen and oxygen atoms in total. The molecule has 0 atom stereocenters. The first-order valence-corrected chi connectivity index (χ1v) is 13.5. The monoisotopic (exact) mass is 522 g/mol. The van der Waals surface area contributed by atoms with Crippen LogP contribution < -0.4 is 5.56 Å². The molecule has 0 bridgehead atoms. The molecule has 2 aromatic carbocycles. The Morgan fingerprint density at radius 3 is 2.67 bits per heavy atom. The highest BCUT2D eigenvalue weighted by Crippen LogP contribution is 2.31. The fourth-order valence-electron chi connectivity index (χ4n) is 6.21. The number of ether oxygens (including phenoxy) is 1. The molecule has 0 spiro atoms. The fourth-order valence-corrected chi connectivity index (χ4v) is 6.21. The van der Waals surface area contributed by atoms with E-state index in [0.29, 0.717) is 37.4 Å². The van der Waals surface area contributed by atoms with E-state index in [1.54, 1.807) is 0 Å². The van der Waals surface area contributed by atoms with E-state index in [0.717, 1.165) is 41.9 Å². The van der Waals surface area contributed by atoms with E-state index in [9.17, 15) is 9.59 Å². The molecule has 0 unspecified atom stereocenters. The number of benzene rings is 2. The molecule has 39 heavy (non-hydrogen) atoms. The van der Waals surface area contributed by atoms with Gasteiger partial charge in [-0.05, 0) is 54.7 Å².